The summed E-state index contributed by atoms with van der Waals surface area (Å²) in [5.41, 5.74) is 0.475. The third-order valence-electron chi connectivity index (χ3n) is 4.51. The first-order valence-corrected chi connectivity index (χ1v) is 8.89. The van der Waals surface area contributed by atoms with Gasteiger partial charge in [-0.1, -0.05) is 12.2 Å². The zero-order valence-corrected chi connectivity index (χ0v) is 13.6. The Hall–Kier alpha value is -1.37. The van der Waals surface area contributed by atoms with Crippen LogP contribution in [0.3, 0.4) is 0 Å². The molecule has 0 N–H and O–H groups in total. The smallest absolute Gasteiger partial charge is 0.245 e. The Morgan fingerprint density at radius 2 is 1.86 bits per heavy atom. The fourth-order valence-electron chi connectivity index (χ4n) is 3.20. The van der Waals surface area contributed by atoms with Gasteiger partial charge in [0.05, 0.1) is 18.6 Å². The van der Waals surface area contributed by atoms with E-state index in [1.807, 2.05) is 0 Å². The van der Waals surface area contributed by atoms with E-state index >= 15 is 0 Å². The largest absolute Gasteiger partial charge is 0.497 e. The summed E-state index contributed by atoms with van der Waals surface area (Å²) in [6, 6.07) is 6.50. The SMILES string of the molecule is C=C1CCC2(CC1)OCCN2S(=O)(=O)c1ccc(OC)cc1. The highest BCUT2D eigenvalue weighted by atomic mass is 32.2. The minimum atomic E-state index is -3.57. The van der Waals surface area contributed by atoms with Crippen molar-refractivity contribution < 1.29 is 17.9 Å². The van der Waals surface area contributed by atoms with Crippen LogP contribution >= 0.6 is 0 Å². The molecule has 0 unspecified atom stereocenters. The third-order valence-corrected chi connectivity index (χ3v) is 6.47. The summed E-state index contributed by atoms with van der Waals surface area (Å²) in [5.74, 6) is 0.639. The molecule has 1 aliphatic heterocycles. The molecule has 0 radical (unpaired) electrons. The monoisotopic (exact) mass is 323 g/mol. The first-order valence-electron chi connectivity index (χ1n) is 7.45. The van der Waals surface area contributed by atoms with E-state index in [0.717, 1.165) is 12.8 Å². The molecule has 1 aromatic rings. The minimum Gasteiger partial charge on any atom is -0.497 e. The second kappa shape index (κ2) is 5.68. The van der Waals surface area contributed by atoms with Crippen LogP contribution in [0.2, 0.25) is 0 Å². The maximum absolute atomic E-state index is 13.0. The molecule has 5 nitrogen and oxygen atoms in total. The van der Waals surface area contributed by atoms with E-state index in [-0.39, 0.29) is 4.90 Å². The van der Waals surface area contributed by atoms with Crippen LogP contribution in [0.1, 0.15) is 25.7 Å². The lowest BCUT2D eigenvalue weighted by Crippen LogP contribution is -2.49. The summed E-state index contributed by atoms with van der Waals surface area (Å²) in [5, 5.41) is 0. The van der Waals surface area contributed by atoms with E-state index in [1.54, 1.807) is 31.4 Å². The van der Waals surface area contributed by atoms with E-state index in [2.05, 4.69) is 6.58 Å². The molecule has 3 rings (SSSR count). The molecule has 22 heavy (non-hydrogen) atoms. The van der Waals surface area contributed by atoms with E-state index in [4.69, 9.17) is 9.47 Å². The average molecular weight is 323 g/mol. The van der Waals surface area contributed by atoms with Crippen molar-refractivity contribution in [2.24, 2.45) is 0 Å². The van der Waals surface area contributed by atoms with E-state index in [0.29, 0.717) is 31.7 Å². The lowest BCUT2D eigenvalue weighted by atomic mass is 9.89. The van der Waals surface area contributed by atoms with Gasteiger partial charge in [-0.25, -0.2) is 8.42 Å². The van der Waals surface area contributed by atoms with Crippen molar-refractivity contribution in [3.8, 4) is 5.75 Å². The zero-order valence-electron chi connectivity index (χ0n) is 12.7. The van der Waals surface area contributed by atoms with Gasteiger partial charge >= 0.3 is 0 Å². The molecule has 0 aromatic heterocycles. The Balaban J connectivity index is 1.91. The number of hydrogen-bond acceptors (Lipinski definition) is 4. The molecule has 2 aliphatic rings. The standard InChI is InChI=1S/C16H21NO4S/c1-13-7-9-16(10-8-13)17(11-12-21-16)22(18,19)15-5-3-14(20-2)4-6-15/h3-6H,1,7-12H2,2H3. The van der Waals surface area contributed by atoms with Gasteiger partial charge in [0, 0.05) is 6.54 Å². The maximum atomic E-state index is 13.0. The molecule has 0 bridgehead atoms. The van der Waals surface area contributed by atoms with E-state index in [1.165, 1.54) is 9.88 Å². The summed E-state index contributed by atoms with van der Waals surface area (Å²) in [6.45, 7) is 4.85. The second-order valence-electron chi connectivity index (χ2n) is 5.80. The molecule has 1 spiro atoms. The fraction of sp³-hybridized carbons (Fsp3) is 0.500. The fourth-order valence-corrected chi connectivity index (χ4v) is 4.92. The van der Waals surface area contributed by atoms with Gasteiger partial charge in [-0.3, -0.25) is 0 Å². The van der Waals surface area contributed by atoms with Crippen molar-refractivity contribution in [1.29, 1.82) is 0 Å². The summed E-state index contributed by atoms with van der Waals surface area (Å²) >= 11 is 0. The van der Waals surface area contributed by atoms with Crippen LogP contribution in [-0.2, 0) is 14.8 Å². The summed E-state index contributed by atoms with van der Waals surface area (Å²) in [4.78, 5) is 0.280. The van der Waals surface area contributed by atoms with Crippen LogP contribution in [-0.4, -0.2) is 38.7 Å². The van der Waals surface area contributed by atoms with Crippen molar-refractivity contribution >= 4 is 10.0 Å². The molecular formula is C16H21NO4S. The van der Waals surface area contributed by atoms with Crippen molar-refractivity contribution in [3.63, 3.8) is 0 Å². The second-order valence-corrected chi connectivity index (χ2v) is 7.66. The summed E-state index contributed by atoms with van der Waals surface area (Å²) in [6.07, 6.45) is 2.99. The van der Waals surface area contributed by atoms with Crippen LogP contribution in [0.15, 0.2) is 41.3 Å². The highest BCUT2D eigenvalue weighted by molar-refractivity contribution is 7.89. The summed E-state index contributed by atoms with van der Waals surface area (Å²) < 4.78 is 38.4. The van der Waals surface area contributed by atoms with Gasteiger partial charge in [-0.2, -0.15) is 4.31 Å². The first-order chi connectivity index (χ1) is 10.5. The lowest BCUT2D eigenvalue weighted by Gasteiger charge is -2.39. The maximum Gasteiger partial charge on any atom is 0.245 e. The quantitative estimate of drug-likeness (QED) is 0.802. The number of rotatable bonds is 3. The van der Waals surface area contributed by atoms with Crippen LogP contribution in [0, 0.1) is 0 Å². The number of nitrogens with zero attached hydrogens (tertiary/aromatic N) is 1. The Kier molecular flexibility index (Phi) is 4.01. The number of benzene rings is 1. The van der Waals surface area contributed by atoms with Gasteiger partial charge in [-0.15, -0.1) is 0 Å². The van der Waals surface area contributed by atoms with Gasteiger partial charge in [0.1, 0.15) is 11.5 Å². The molecule has 6 heteroatoms. The van der Waals surface area contributed by atoms with E-state index in [9.17, 15) is 8.42 Å². The topological polar surface area (TPSA) is 55.8 Å². The lowest BCUT2D eigenvalue weighted by molar-refractivity contribution is -0.0685. The number of hydrogen-bond donors (Lipinski definition) is 0. The van der Waals surface area contributed by atoms with Gasteiger partial charge in [0.15, 0.2) is 0 Å². The third kappa shape index (κ3) is 2.55. The Bertz CT molecular complexity index is 656. The van der Waals surface area contributed by atoms with Crippen molar-refractivity contribution in [1.82, 2.24) is 4.31 Å². The first kappa shape index (κ1) is 15.5. The van der Waals surface area contributed by atoms with Crippen LogP contribution < -0.4 is 4.74 Å². The predicted octanol–water partition coefficient (Wildman–Crippen LogP) is 2.54. The van der Waals surface area contributed by atoms with Crippen LogP contribution in [0.5, 0.6) is 5.75 Å². The van der Waals surface area contributed by atoms with Gasteiger partial charge < -0.3 is 9.47 Å². The van der Waals surface area contributed by atoms with Crippen molar-refractivity contribution in [2.75, 3.05) is 20.3 Å². The van der Waals surface area contributed by atoms with Gasteiger partial charge in [0.2, 0.25) is 10.0 Å². The van der Waals surface area contributed by atoms with E-state index < -0.39 is 15.7 Å². The number of ether oxygens (including phenoxy) is 2. The predicted molar refractivity (Wildman–Crippen MR) is 83.2 cm³/mol. The van der Waals surface area contributed by atoms with Crippen molar-refractivity contribution in [2.45, 2.75) is 36.3 Å². The van der Waals surface area contributed by atoms with Crippen LogP contribution in [0.25, 0.3) is 0 Å². The van der Waals surface area contributed by atoms with Crippen molar-refractivity contribution in [3.05, 3.63) is 36.4 Å². The Labute approximate surface area is 131 Å². The molecule has 1 aliphatic carbocycles. The Morgan fingerprint density at radius 3 is 2.45 bits per heavy atom. The van der Waals surface area contributed by atoms with Gasteiger partial charge in [-0.05, 0) is 49.9 Å². The van der Waals surface area contributed by atoms with Gasteiger partial charge in [0.25, 0.3) is 0 Å². The minimum absolute atomic E-state index is 0.280. The molecule has 120 valence electrons. The molecule has 1 aromatic carbocycles. The molecule has 2 fully saturated rings. The normalized spacial score (nSPS) is 22.1. The molecule has 1 saturated heterocycles. The number of methoxy groups -OCH3 is 1. The number of sulfonamides is 1. The molecule has 0 amide bonds. The summed E-state index contributed by atoms with van der Waals surface area (Å²) in [7, 11) is -2.01. The molecule has 1 saturated carbocycles. The average Bonchev–Trinajstić information content (AvgIpc) is 2.95. The molecular weight excluding hydrogens is 302 g/mol. The molecule has 0 atom stereocenters. The molecule has 1 heterocycles. The number of allylic oxidation sites excluding steroid dienone is 1. The highest BCUT2D eigenvalue weighted by Crippen LogP contribution is 2.42. The zero-order chi connectivity index (χ0) is 15.8. The van der Waals surface area contributed by atoms with Crippen LogP contribution in [0.4, 0.5) is 0 Å². The Morgan fingerprint density at radius 1 is 1.23 bits per heavy atom. The highest BCUT2D eigenvalue weighted by Gasteiger charge is 2.49.